The van der Waals surface area contributed by atoms with Gasteiger partial charge in [0.15, 0.2) is 0 Å². The number of unbranched alkanes of at least 4 members (excludes halogenated alkanes) is 1. The van der Waals surface area contributed by atoms with Gasteiger partial charge in [0, 0.05) is 24.9 Å². The van der Waals surface area contributed by atoms with Gasteiger partial charge < -0.3 is 4.31 Å². The average molecular weight is 498 g/mol. The first kappa shape index (κ1) is 23.8. The van der Waals surface area contributed by atoms with Gasteiger partial charge in [-0.3, -0.25) is 0 Å². The van der Waals surface area contributed by atoms with E-state index >= 15 is 0 Å². The van der Waals surface area contributed by atoms with Crippen molar-refractivity contribution in [1.82, 2.24) is 4.31 Å². The Morgan fingerprint density at radius 2 is 1.97 bits per heavy atom. The van der Waals surface area contributed by atoms with Gasteiger partial charge in [0.25, 0.3) is 10.0 Å². The van der Waals surface area contributed by atoms with Gasteiger partial charge >= 0.3 is 0 Å². The van der Waals surface area contributed by atoms with Crippen LogP contribution >= 0.6 is 23.3 Å². The van der Waals surface area contributed by atoms with E-state index in [-0.39, 0.29) is 12.6 Å². The Kier molecular flexibility index (Phi) is 7.76. The van der Waals surface area contributed by atoms with Crippen LogP contribution in [0.4, 0.5) is 5.69 Å². The molecular weight excluding hydrogens is 470 g/mol. The highest BCUT2D eigenvalue weighted by Gasteiger charge is 2.37. The molecule has 2 heterocycles. The van der Waals surface area contributed by atoms with Crippen molar-refractivity contribution in [2.75, 3.05) is 16.6 Å². The van der Waals surface area contributed by atoms with Crippen molar-refractivity contribution in [2.45, 2.75) is 43.0 Å². The maximum Gasteiger partial charge on any atom is 0.253 e. The second kappa shape index (κ2) is 10.7. The van der Waals surface area contributed by atoms with Crippen molar-refractivity contribution < 1.29 is 8.42 Å². The molecule has 1 aliphatic heterocycles. The molecule has 33 heavy (non-hydrogen) atoms. The Balaban J connectivity index is 1.79. The first-order chi connectivity index (χ1) is 16.0. The van der Waals surface area contributed by atoms with Crippen LogP contribution < -0.4 is 4.31 Å². The quantitative estimate of drug-likeness (QED) is 0.295. The zero-order valence-electron chi connectivity index (χ0n) is 18.6. The Morgan fingerprint density at radius 1 is 1.15 bits per heavy atom. The fraction of sp³-hybridized carbons (Fsp3) is 0.320. The number of fused-ring (bicyclic) bond motifs is 1. The number of anilines is 1. The standard InChI is InChI=1S/C25H27N3O2S3/c1-2-3-14-32-27-19-23(16-20-8-5-4-6-9-20)28(33(29,30)25-10-7-13-31-25)18-22-15-21(17-26)11-12-24(22)27/h4-13,15,23H,2-3,14,16,18-19H2,1H3. The molecule has 0 aliphatic carbocycles. The molecule has 1 unspecified atom stereocenters. The molecule has 0 amide bonds. The van der Waals surface area contributed by atoms with E-state index in [0.717, 1.165) is 35.4 Å². The molecule has 1 aromatic heterocycles. The van der Waals surface area contributed by atoms with E-state index in [2.05, 4.69) is 29.4 Å². The molecule has 4 rings (SSSR count). The number of rotatable bonds is 8. The molecule has 172 valence electrons. The van der Waals surface area contributed by atoms with Crippen LogP contribution in [0.15, 0.2) is 70.3 Å². The van der Waals surface area contributed by atoms with E-state index in [1.54, 1.807) is 33.8 Å². The molecule has 2 aromatic carbocycles. The smallest absolute Gasteiger partial charge is 0.253 e. The summed E-state index contributed by atoms with van der Waals surface area (Å²) in [5, 5.41) is 11.3. The van der Waals surface area contributed by atoms with Crippen LogP contribution in [0, 0.1) is 11.3 Å². The monoisotopic (exact) mass is 497 g/mol. The summed E-state index contributed by atoms with van der Waals surface area (Å²) in [6.07, 6.45) is 2.82. The molecule has 0 spiro atoms. The Labute approximate surface area is 204 Å². The zero-order valence-corrected chi connectivity index (χ0v) is 21.0. The van der Waals surface area contributed by atoms with Gasteiger partial charge in [0.2, 0.25) is 0 Å². The average Bonchev–Trinajstić information content (AvgIpc) is 3.33. The second-order valence-electron chi connectivity index (χ2n) is 8.03. The van der Waals surface area contributed by atoms with Crippen molar-refractivity contribution >= 4 is 39.0 Å². The van der Waals surface area contributed by atoms with E-state index < -0.39 is 10.0 Å². The van der Waals surface area contributed by atoms with Crippen LogP contribution in [0.5, 0.6) is 0 Å². The first-order valence-electron chi connectivity index (χ1n) is 11.1. The number of hydrogen-bond acceptors (Lipinski definition) is 6. The molecule has 1 aliphatic rings. The molecule has 3 aromatic rings. The lowest BCUT2D eigenvalue weighted by Crippen LogP contribution is -2.44. The van der Waals surface area contributed by atoms with E-state index in [4.69, 9.17) is 0 Å². The summed E-state index contributed by atoms with van der Waals surface area (Å²) in [7, 11) is -3.69. The highest BCUT2D eigenvalue weighted by atomic mass is 32.2. The minimum atomic E-state index is -3.69. The van der Waals surface area contributed by atoms with E-state index in [1.807, 2.05) is 36.4 Å². The minimum Gasteiger partial charge on any atom is -0.314 e. The van der Waals surface area contributed by atoms with Crippen molar-refractivity contribution in [3.05, 3.63) is 82.7 Å². The highest BCUT2D eigenvalue weighted by Crippen LogP contribution is 2.36. The number of benzene rings is 2. The largest absolute Gasteiger partial charge is 0.314 e. The van der Waals surface area contributed by atoms with Gasteiger partial charge in [-0.2, -0.15) is 9.57 Å². The summed E-state index contributed by atoms with van der Waals surface area (Å²) in [6.45, 7) is 2.99. The van der Waals surface area contributed by atoms with Crippen molar-refractivity contribution in [1.29, 1.82) is 5.26 Å². The van der Waals surface area contributed by atoms with Gasteiger partial charge in [-0.25, -0.2) is 8.42 Å². The van der Waals surface area contributed by atoms with Crippen LogP contribution in [-0.4, -0.2) is 31.1 Å². The fourth-order valence-electron chi connectivity index (χ4n) is 4.00. The number of nitrogens with zero attached hydrogens (tertiary/aromatic N) is 3. The number of thiophene rings is 1. The number of hydrogen-bond donors (Lipinski definition) is 0. The summed E-state index contributed by atoms with van der Waals surface area (Å²) >= 11 is 2.99. The van der Waals surface area contributed by atoms with Crippen molar-refractivity contribution in [2.24, 2.45) is 0 Å². The lowest BCUT2D eigenvalue weighted by molar-refractivity contribution is 0.324. The van der Waals surface area contributed by atoms with Crippen molar-refractivity contribution in [3.8, 4) is 6.07 Å². The normalized spacial score (nSPS) is 16.7. The molecule has 0 bridgehead atoms. The number of nitriles is 1. The zero-order chi connectivity index (χ0) is 23.3. The van der Waals surface area contributed by atoms with Crippen LogP contribution in [0.2, 0.25) is 0 Å². The molecule has 1 atom stereocenters. The Bertz CT molecular complexity index is 1210. The summed E-state index contributed by atoms with van der Waals surface area (Å²) in [4.78, 5) is 0. The summed E-state index contributed by atoms with van der Waals surface area (Å²) in [5.74, 6) is 0.964. The van der Waals surface area contributed by atoms with Crippen LogP contribution in [0.1, 0.15) is 36.5 Å². The molecule has 0 fully saturated rings. The fourth-order valence-corrected chi connectivity index (χ4v) is 7.95. The SMILES string of the molecule is CCCCSN1CC(Cc2ccccc2)N(S(=O)(=O)c2cccs2)Cc2cc(C#N)ccc21. The molecule has 0 saturated heterocycles. The van der Waals surface area contributed by atoms with E-state index in [1.165, 1.54) is 11.3 Å². The Morgan fingerprint density at radius 3 is 2.67 bits per heavy atom. The summed E-state index contributed by atoms with van der Waals surface area (Å²) in [5.41, 5.74) is 3.52. The third-order valence-corrected chi connectivity index (χ3v) is 10.1. The lowest BCUT2D eigenvalue weighted by atomic mass is 10.1. The lowest BCUT2D eigenvalue weighted by Gasteiger charge is -2.31. The van der Waals surface area contributed by atoms with Gasteiger partial charge in [0.1, 0.15) is 4.21 Å². The van der Waals surface area contributed by atoms with E-state index in [0.29, 0.717) is 22.7 Å². The molecule has 0 saturated carbocycles. The first-order valence-corrected chi connectivity index (χ1v) is 14.3. The van der Waals surface area contributed by atoms with Crippen LogP contribution in [0.25, 0.3) is 0 Å². The third kappa shape index (κ3) is 5.44. The van der Waals surface area contributed by atoms with Crippen LogP contribution in [0.3, 0.4) is 0 Å². The topological polar surface area (TPSA) is 64.4 Å². The summed E-state index contributed by atoms with van der Waals surface area (Å²) in [6, 6.07) is 21.1. The summed E-state index contributed by atoms with van der Waals surface area (Å²) < 4.78 is 31.8. The maximum atomic E-state index is 13.8. The maximum absolute atomic E-state index is 13.8. The molecule has 8 heteroatoms. The Hall–Kier alpha value is -2.31. The number of sulfonamides is 1. The predicted octanol–water partition coefficient (Wildman–Crippen LogP) is 5.69. The third-order valence-electron chi connectivity index (χ3n) is 5.70. The van der Waals surface area contributed by atoms with Crippen molar-refractivity contribution in [3.63, 3.8) is 0 Å². The molecule has 0 N–H and O–H groups in total. The van der Waals surface area contributed by atoms with Gasteiger partial charge in [0.05, 0.1) is 17.3 Å². The minimum absolute atomic E-state index is 0.243. The van der Waals surface area contributed by atoms with Gasteiger partial charge in [-0.05, 0) is 65.6 Å². The molecule has 0 radical (unpaired) electrons. The van der Waals surface area contributed by atoms with Crippen LogP contribution in [-0.2, 0) is 23.0 Å². The van der Waals surface area contributed by atoms with Gasteiger partial charge in [-0.15, -0.1) is 11.3 Å². The second-order valence-corrected chi connectivity index (χ2v) is 12.2. The molecular formula is C25H27N3O2S3. The van der Waals surface area contributed by atoms with E-state index in [9.17, 15) is 13.7 Å². The predicted molar refractivity (Wildman–Crippen MR) is 137 cm³/mol. The molecule has 5 nitrogen and oxygen atoms in total. The highest BCUT2D eigenvalue weighted by molar-refractivity contribution is 8.00. The van der Waals surface area contributed by atoms with Gasteiger partial charge in [-0.1, -0.05) is 49.7 Å².